The van der Waals surface area contributed by atoms with E-state index >= 15 is 0 Å². The van der Waals surface area contributed by atoms with Gasteiger partial charge in [0.2, 0.25) is 10.0 Å². The molecule has 156 valence electrons. The molecule has 6 nitrogen and oxygen atoms in total. The molecule has 2 aromatic rings. The van der Waals surface area contributed by atoms with E-state index in [0.717, 1.165) is 24.2 Å². The van der Waals surface area contributed by atoms with Gasteiger partial charge in [0, 0.05) is 18.7 Å². The van der Waals surface area contributed by atoms with Crippen LogP contribution >= 0.6 is 0 Å². The van der Waals surface area contributed by atoms with Gasteiger partial charge in [-0.1, -0.05) is 29.8 Å². The molecule has 1 N–H and O–H groups in total. The Morgan fingerprint density at radius 2 is 1.69 bits per heavy atom. The second kappa shape index (κ2) is 9.41. The van der Waals surface area contributed by atoms with E-state index in [2.05, 4.69) is 5.32 Å². The molecule has 29 heavy (non-hydrogen) atoms. The van der Waals surface area contributed by atoms with Gasteiger partial charge < -0.3 is 10.1 Å². The number of aryl methyl sites for hydroxylation is 1. The number of carbonyl (C=O) groups excluding carboxylic acids is 1. The van der Waals surface area contributed by atoms with Gasteiger partial charge in [-0.15, -0.1) is 0 Å². The average molecular weight is 417 g/mol. The monoisotopic (exact) mass is 416 g/mol. The summed E-state index contributed by atoms with van der Waals surface area (Å²) in [7, 11) is -3.29. The number of rotatable bonds is 8. The summed E-state index contributed by atoms with van der Waals surface area (Å²) >= 11 is 0. The van der Waals surface area contributed by atoms with Crippen molar-refractivity contribution in [1.82, 2.24) is 9.62 Å². The van der Waals surface area contributed by atoms with Crippen LogP contribution in [0, 0.1) is 6.92 Å². The summed E-state index contributed by atoms with van der Waals surface area (Å²) in [5.74, 6) is 0.523. The van der Waals surface area contributed by atoms with Crippen LogP contribution in [0.3, 0.4) is 0 Å². The maximum Gasteiger partial charge on any atom is 0.251 e. The highest BCUT2D eigenvalue weighted by Crippen LogP contribution is 2.17. The van der Waals surface area contributed by atoms with E-state index in [4.69, 9.17) is 4.74 Å². The Morgan fingerprint density at radius 3 is 2.31 bits per heavy atom. The minimum Gasteiger partial charge on any atom is -0.491 e. The summed E-state index contributed by atoms with van der Waals surface area (Å²) in [5.41, 5.74) is 2.34. The lowest BCUT2D eigenvalue weighted by Gasteiger charge is -2.16. The number of benzene rings is 2. The Hall–Kier alpha value is -2.38. The number of ether oxygens (including phenoxy) is 1. The molecule has 1 heterocycles. The molecular weight excluding hydrogens is 388 g/mol. The van der Waals surface area contributed by atoms with Crippen molar-refractivity contribution in [1.29, 1.82) is 0 Å². The molecule has 0 aliphatic carbocycles. The van der Waals surface area contributed by atoms with Crippen molar-refractivity contribution in [2.24, 2.45) is 0 Å². The standard InChI is InChI=1S/C22H28N2O4S/c1-17-5-11-21(12-6-17)28-15-18(2)23-22(25)20-9-7-19(8-10-20)16-29(26,27)24-13-3-4-14-24/h5-12,18H,3-4,13-16H2,1-2H3,(H,23,25)/t18-/m0/s1. The van der Waals surface area contributed by atoms with Crippen LogP contribution in [-0.4, -0.2) is 44.4 Å². The molecule has 0 radical (unpaired) electrons. The maximum atomic E-state index is 12.4. The molecule has 0 unspecified atom stereocenters. The summed E-state index contributed by atoms with van der Waals surface area (Å²) in [4.78, 5) is 12.4. The van der Waals surface area contributed by atoms with Crippen molar-refractivity contribution < 1.29 is 17.9 Å². The Balaban J connectivity index is 1.51. The highest BCUT2D eigenvalue weighted by Gasteiger charge is 2.25. The lowest BCUT2D eigenvalue weighted by molar-refractivity contribution is 0.0926. The van der Waals surface area contributed by atoms with Crippen LogP contribution in [0.15, 0.2) is 48.5 Å². The first-order valence-electron chi connectivity index (χ1n) is 9.90. The van der Waals surface area contributed by atoms with Gasteiger partial charge in [0.25, 0.3) is 5.91 Å². The van der Waals surface area contributed by atoms with Crippen molar-refractivity contribution in [2.45, 2.75) is 38.5 Å². The Morgan fingerprint density at radius 1 is 1.07 bits per heavy atom. The molecule has 0 spiro atoms. The van der Waals surface area contributed by atoms with E-state index < -0.39 is 10.0 Å². The number of nitrogens with one attached hydrogen (secondary N) is 1. The molecule has 1 amide bonds. The van der Waals surface area contributed by atoms with Crippen LogP contribution in [0.2, 0.25) is 0 Å². The second-order valence-electron chi connectivity index (χ2n) is 7.56. The van der Waals surface area contributed by atoms with Gasteiger partial charge in [0.05, 0.1) is 11.8 Å². The molecule has 0 aromatic heterocycles. The van der Waals surface area contributed by atoms with Gasteiger partial charge in [0.15, 0.2) is 0 Å². The van der Waals surface area contributed by atoms with Gasteiger partial charge in [-0.25, -0.2) is 12.7 Å². The van der Waals surface area contributed by atoms with Crippen molar-refractivity contribution in [2.75, 3.05) is 19.7 Å². The van der Waals surface area contributed by atoms with Crippen LogP contribution in [0.4, 0.5) is 0 Å². The molecule has 1 aliphatic rings. The largest absolute Gasteiger partial charge is 0.491 e. The summed E-state index contributed by atoms with van der Waals surface area (Å²) in [6.45, 7) is 5.46. The van der Waals surface area contributed by atoms with Crippen molar-refractivity contribution >= 4 is 15.9 Å². The first-order chi connectivity index (χ1) is 13.8. The topological polar surface area (TPSA) is 75.7 Å². The Kier molecular flexibility index (Phi) is 6.92. The van der Waals surface area contributed by atoms with E-state index in [-0.39, 0.29) is 17.7 Å². The van der Waals surface area contributed by atoms with Gasteiger partial charge >= 0.3 is 0 Å². The molecule has 0 bridgehead atoms. The fourth-order valence-corrected chi connectivity index (χ4v) is 4.84. The van der Waals surface area contributed by atoms with Crippen molar-refractivity contribution in [3.63, 3.8) is 0 Å². The average Bonchev–Trinajstić information content (AvgIpc) is 3.24. The number of nitrogens with zero attached hydrogens (tertiary/aromatic N) is 1. The van der Waals surface area contributed by atoms with Crippen LogP contribution in [0.1, 0.15) is 41.3 Å². The van der Waals surface area contributed by atoms with Crippen LogP contribution in [-0.2, 0) is 15.8 Å². The number of sulfonamides is 1. The van der Waals surface area contributed by atoms with Crippen molar-refractivity contribution in [3.8, 4) is 5.75 Å². The van der Waals surface area contributed by atoms with E-state index in [1.165, 1.54) is 0 Å². The molecule has 1 atom stereocenters. The third-order valence-electron chi connectivity index (χ3n) is 4.92. The third kappa shape index (κ3) is 6.05. The number of hydrogen-bond acceptors (Lipinski definition) is 4. The minimum atomic E-state index is -3.29. The predicted octanol–water partition coefficient (Wildman–Crippen LogP) is 3.12. The zero-order chi connectivity index (χ0) is 20.9. The highest BCUT2D eigenvalue weighted by atomic mass is 32.2. The normalized spacial score (nSPS) is 15.8. The summed E-state index contributed by atoms with van der Waals surface area (Å²) in [6.07, 6.45) is 1.84. The van der Waals surface area contributed by atoms with E-state index in [9.17, 15) is 13.2 Å². The SMILES string of the molecule is Cc1ccc(OC[C@H](C)NC(=O)c2ccc(CS(=O)(=O)N3CCCC3)cc2)cc1. The molecule has 3 rings (SSSR count). The maximum absolute atomic E-state index is 12.4. The molecule has 2 aromatic carbocycles. The quantitative estimate of drug-likeness (QED) is 0.717. The number of hydrogen-bond donors (Lipinski definition) is 1. The Bertz CT molecular complexity index is 918. The summed E-state index contributed by atoms with van der Waals surface area (Å²) in [5, 5.41) is 2.90. The van der Waals surface area contributed by atoms with Gasteiger partial charge in [0.1, 0.15) is 12.4 Å². The molecule has 1 aliphatic heterocycles. The van der Waals surface area contributed by atoms with Crippen LogP contribution in [0.25, 0.3) is 0 Å². The zero-order valence-electron chi connectivity index (χ0n) is 16.9. The second-order valence-corrected chi connectivity index (χ2v) is 9.53. The van der Waals surface area contributed by atoms with Gasteiger partial charge in [-0.05, 0) is 56.5 Å². The Labute approximate surface area is 172 Å². The first-order valence-corrected chi connectivity index (χ1v) is 11.5. The van der Waals surface area contributed by atoms with Crippen molar-refractivity contribution in [3.05, 3.63) is 65.2 Å². The highest BCUT2D eigenvalue weighted by molar-refractivity contribution is 7.88. The summed E-state index contributed by atoms with van der Waals surface area (Å²) in [6, 6.07) is 14.3. The third-order valence-corrected chi connectivity index (χ3v) is 6.77. The zero-order valence-corrected chi connectivity index (χ0v) is 17.7. The smallest absolute Gasteiger partial charge is 0.251 e. The fraction of sp³-hybridized carbons (Fsp3) is 0.409. The number of carbonyl (C=O) groups is 1. The van der Waals surface area contributed by atoms with Crippen LogP contribution < -0.4 is 10.1 Å². The van der Waals surface area contributed by atoms with E-state index in [0.29, 0.717) is 30.8 Å². The molecular formula is C22H28N2O4S. The van der Waals surface area contributed by atoms with Gasteiger partial charge in [-0.2, -0.15) is 0 Å². The molecule has 1 saturated heterocycles. The van der Waals surface area contributed by atoms with Crippen LogP contribution in [0.5, 0.6) is 5.75 Å². The molecule has 0 saturated carbocycles. The summed E-state index contributed by atoms with van der Waals surface area (Å²) < 4.78 is 32.1. The first kappa shape index (κ1) is 21.3. The fourth-order valence-electron chi connectivity index (χ4n) is 3.23. The van der Waals surface area contributed by atoms with E-state index in [1.807, 2.05) is 38.1 Å². The predicted molar refractivity (Wildman–Crippen MR) is 113 cm³/mol. The number of amides is 1. The lowest BCUT2D eigenvalue weighted by Crippen LogP contribution is -2.36. The van der Waals surface area contributed by atoms with Gasteiger partial charge in [-0.3, -0.25) is 4.79 Å². The molecule has 1 fully saturated rings. The minimum absolute atomic E-state index is 0.0321. The van der Waals surface area contributed by atoms with E-state index in [1.54, 1.807) is 28.6 Å². The molecule has 7 heteroatoms. The lowest BCUT2D eigenvalue weighted by atomic mass is 10.1.